The second kappa shape index (κ2) is 7.23. The SMILES string of the molecule is NNC(=O)Cc1ccc(CN2CCCNCC2)cc1. The lowest BCUT2D eigenvalue weighted by Crippen LogP contribution is -2.31. The standard InChI is InChI=1S/C14H22N4O/c15-17-14(19)10-12-2-4-13(5-3-12)11-18-8-1-6-16-7-9-18/h2-5,16H,1,6-11,15H2,(H,17,19). The number of nitrogens with one attached hydrogen (secondary N) is 2. The molecule has 19 heavy (non-hydrogen) atoms. The van der Waals surface area contributed by atoms with Crippen molar-refractivity contribution in [2.75, 3.05) is 26.2 Å². The van der Waals surface area contributed by atoms with E-state index in [-0.39, 0.29) is 5.91 Å². The van der Waals surface area contributed by atoms with Gasteiger partial charge in [-0.05, 0) is 30.6 Å². The van der Waals surface area contributed by atoms with Crippen molar-refractivity contribution >= 4 is 5.91 Å². The van der Waals surface area contributed by atoms with Crippen molar-refractivity contribution < 1.29 is 4.79 Å². The Morgan fingerprint density at radius 1 is 1.21 bits per heavy atom. The molecule has 5 heteroatoms. The van der Waals surface area contributed by atoms with Crippen molar-refractivity contribution in [3.8, 4) is 0 Å². The maximum absolute atomic E-state index is 11.2. The van der Waals surface area contributed by atoms with E-state index in [4.69, 9.17) is 5.84 Å². The molecule has 104 valence electrons. The molecule has 1 saturated heterocycles. The predicted octanol–water partition coefficient (Wildman–Crippen LogP) is 0.0143. The highest BCUT2D eigenvalue weighted by atomic mass is 16.2. The number of hydrogen-bond acceptors (Lipinski definition) is 4. The fourth-order valence-electron chi connectivity index (χ4n) is 2.32. The summed E-state index contributed by atoms with van der Waals surface area (Å²) >= 11 is 0. The van der Waals surface area contributed by atoms with Crippen LogP contribution >= 0.6 is 0 Å². The molecular weight excluding hydrogens is 240 g/mol. The topological polar surface area (TPSA) is 70.4 Å². The normalized spacial score (nSPS) is 16.9. The van der Waals surface area contributed by atoms with Crippen LogP contribution in [0.25, 0.3) is 0 Å². The molecule has 1 aliphatic heterocycles. The molecule has 1 heterocycles. The Balaban J connectivity index is 1.88. The maximum Gasteiger partial charge on any atom is 0.238 e. The summed E-state index contributed by atoms with van der Waals surface area (Å²) in [7, 11) is 0. The fourth-order valence-corrected chi connectivity index (χ4v) is 2.32. The Morgan fingerprint density at radius 3 is 2.68 bits per heavy atom. The van der Waals surface area contributed by atoms with Gasteiger partial charge in [0.05, 0.1) is 6.42 Å². The van der Waals surface area contributed by atoms with Crippen LogP contribution in [0.2, 0.25) is 0 Å². The molecule has 0 radical (unpaired) electrons. The van der Waals surface area contributed by atoms with Gasteiger partial charge in [0.25, 0.3) is 0 Å². The number of nitrogens with two attached hydrogens (primary N) is 1. The van der Waals surface area contributed by atoms with Crippen LogP contribution < -0.4 is 16.6 Å². The molecule has 5 nitrogen and oxygen atoms in total. The average Bonchev–Trinajstić information content (AvgIpc) is 2.69. The zero-order valence-corrected chi connectivity index (χ0v) is 11.2. The lowest BCUT2D eigenvalue weighted by Gasteiger charge is -2.19. The Morgan fingerprint density at radius 2 is 1.95 bits per heavy atom. The van der Waals surface area contributed by atoms with Crippen LogP contribution in [0, 0.1) is 0 Å². The molecule has 0 atom stereocenters. The minimum atomic E-state index is -0.161. The third-order valence-electron chi connectivity index (χ3n) is 3.39. The van der Waals surface area contributed by atoms with Crippen LogP contribution in [0.1, 0.15) is 17.5 Å². The van der Waals surface area contributed by atoms with Crippen LogP contribution in [-0.4, -0.2) is 37.0 Å². The summed E-state index contributed by atoms with van der Waals surface area (Å²) < 4.78 is 0. The van der Waals surface area contributed by atoms with E-state index in [0.717, 1.165) is 38.3 Å². The van der Waals surface area contributed by atoms with Gasteiger partial charge in [-0.3, -0.25) is 15.1 Å². The molecule has 2 rings (SSSR count). The van der Waals surface area contributed by atoms with Gasteiger partial charge < -0.3 is 5.32 Å². The van der Waals surface area contributed by atoms with Crippen LogP contribution in [-0.2, 0) is 17.8 Å². The third-order valence-corrected chi connectivity index (χ3v) is 3.39. The smallest absolute Gasteiger partial charge is 0.238 e. The van der Waals surface area contributed by atoms with Crippen molar-refractivity contribution in [1.82, 2.24) is 15.6 Å². The Bertz CT molecular complexity index is 396. The number of hydrogen-bond donors (Lipinski definition) is 3. The summed E-state index contributed by atoms with van der Waals surface area (Å²) in [6, 6.07) is 8.19. The number of hydrazine groups is 1. The molecular formula is C14H22N4O. The first kappa shape index (κ1) is 14.0. The van der Waals surface area contributed by atoms with E-state index in [9.17, 15) is 4.79 Å². The summed E-state index contributed by atoms with van der Waals surface area (Å²) in [5.74, 6) is 4.92. The minimum absolute atomic E-state index is 0.161. The van der Waals surface area contributed by atoms with Gasteiger partial charge >= 0.3 is 0 Å². The molecule has 4 N–H and O–H groups in total. The van der Waals surface area contributed by atoms with Crippen molar-refractivity contribution in [3.63, 3.8) is 0 Å². The predicted molar refractivity (Wildman–Crippen MR) is 75.2 cm³/mol. The monoisotopic (exact) mass is 262 g/mol. The largest absolute Gasteiger partial charge is 0.315 e. The van der Waals surface area contributed by atoms with Crippen LogP contribution in [0.5, 0.6) is 0 Å². The molecule has 1 fully saturated rings. The average molecular weight is 262 g/mol. The number of rotatable bonds is 4. The van der Waals surface area contributed by atoms with Gasteiger partial charge in [-0.2, -0.15) is 0 Å². The first-order valence-corrected chi connectivity index (χ1v) is 6.78. The number of amides is 1. The maximum atomic E-state index is 11.2. The van der Waals surface area contributed by atoms with E-state index >= 15 is 0 Å². The van der Waals surface area contributed by atoms with Crippen molar-refractivity contribution in [1.29, 1.82) is 0 Å². The Kier molecular flexibility index (Phi) is 5.32. The lowest BCUT2D eigenvalue weighted by molar-refractivity contribution is -0.120. The molecule has 0 aromatic heterocycles. The molecule has 0 aliphatic carbocycles. The molecule has 0 unspecified atom stereocenters. The van der Waals surface area contributed by atoms with Gasteiger partial charge in [-0.15, -0.1) is 0 Å². The van der Waals surface area contributed by atoms with Gasteiger partial charge in [0, 0.05) is 19.6 Å². The van der Waals surface area contributed by atoms with Gasteiger partial charge in [-0.25, -0.2) is 5.84 Å². The summed E-state index contributed by atoms with van der Waals surface area (Å²) in [5, 5.41) is 3.40. The van der Waals surface area contributed by atoms with Crippen molar-refractivity contribution in [3.05, 3.63) is 35.4 Å². The third kappa shape index (κ3) is 4.63. The lowest BCUT2D eigenvalue weighted by atomic mass is 10.1. The second-order valence-corrected chi connectivity index (χ2v) is 4.94. The quantitative estimate of drug-likeness (QED) is 0.406. The molecule has 0 saturated carbocycles. The van der Waals surface area contributed by atoms with E-state index in [0.29, 0.717) is 6.42 Å². The first-order chi connectivity index (χ1) is 9.28. The number of carbonyl (C=O) groups is 1. The highest BCUT2D eigenvalue weighted by Gasteiger charge is 2.09. The number of nitrogens with zero attached hydrogens (tertiary/aromatic N) is 1. The highest BCUT2D eigenvalue weighted by molar-refractivity contribution is 5.77. The van der Waals surface area contributed by atoms with Crippen LogP contribution in [0.15, 0.2) is 24.3 Å². The zero-order chi connectivity index (χ0) is 13.5. The Hall–Kier alpha value is -1.43. The minimum Gasteiger partial charge on any atom is -0.315 e. The van der Waals surface area contributed by atoms with Gasteiger partial charge in [0.2, 0.25) is 5.91 Å². The van der Waals surface area contributed by atoms with E-state index in [2.05, 4.69) is 27.8 Å². The second-order valence-electron chi connectivity index (χ2n) is 4.94. The first-order valence-electron chi connectivity index (χ1n) is 6.78. The molecule has 1 amide bonds. The highest BCUT2D eigenvalue weighted by Crippen LogP contribution is 2.09. The van der Waals surface area contributed by atoms with E-state index in [1.54, 1.807) is 0 Å². The summed E-state index contributed by atoms with van der Waals surface area (Å²) in [5.41, 5.74) is 4.43. The molecule has 1 aliphatic rings. The molecule has 0 spiro atoms. The van der Waals surface area contributed by atoms with Gasteiger partial charge in [0.15, 0.2) is 0 Å². The number of carbonyl (C=O) groups excluding carboxylic acids is 1. The van der Waals surface area contributed by atoms with Crippen LogP contribution in [0.3, 0.4) is 0 Å². The molecule has 1 aromatic carbocycles. The molecule has 1 aromatic rings. The fraction of sp³-hybridized carbons (Fsp3) is 0.500. The summed E-state index contributed by atoms with van der Waals surface area (Å²) in [6.07, 6.45) is 1.54. The van der Waals surface area contributed by atoms with Gasteiger partial charge in [-0.1, -0.05) is 24.3 Å². The van der Waals surface area contributed by atoms with Crippen molar-refractivity contribution in [2.24, 2.45) is 5.84 Å². The zero-order valence-electron chi connectivity index (χ0n) is 11.2. The molecule has 0 bridgehead atoms. The Labute approximate surface area is 114 Å². The summed E-state index contributed by atoms with van der Waals surface area (Å²) in [6.45, 7) is 5.39. The van der Waals surface area contributed by atoms with Gasteiger partial charge in [0.1, 0.15) is 0 Å². The van der Waals surface area contributed by atoms with E-state index < -0.39 is 0 Å². The van der Waals surface area contributed by atoms with E-state index in [1.165, 1.54) is 12.0 Å². The van der Waals surface area contributed by atoms with Crippen LogP contribution in [0.4, 0.5) is 0 Å². The van der Waals surface area contributed by atoms with Crippen molar-refractivity contribution in [2.45, 2.75) is 19.4 Å². The number of benzene rings is 1. The summed E-state index contributed by atoms with van der Waals surface area (Å²) in [4.78, 5) is 13.6. The van der Waals surface area contributed by atoms with E-state index in [1.807, 2.05) is 12.1 Å².